The molecule has 108 valence electrons. The SMILES string of the molecule is O=C(O)c1csc(S(=O)(=O)NCCCn2ccnn2)c1. The lowest BCUT2D eigenvalue weighted by Crippen LogP contribution is -2.25. The molecule has 0 aliphatic carbocycles. The zero-order valence-electron chi connectivity index (χ0n) is 10.3. The zero-order chi connectivity index (χ0) is 14.6. The number of nitrogens with zero attached hydrogens (tertiary/aromatic N) is 3. The quantitative estimate of drug-likeness (QED) is 0.715. The molecule has 2 aromatic heterocycles. The van der Waals surface area contributed by atoms with E-state index in [1.165, 1.54) is 5.38 Å². The molecule has 0 aliphatic heterocycles. The number of rotatable bonds is 7. The number of carboxylic acids is 1. The molecule has 2 rings (SSSR count). The van der Waals surface area contributed by atoms with Crippen molar-refractivity contribution in [2.75, 3.05) is 6.54 Å². The molecule has 2 heterocycles. The average molecular weight is 316 g/mol. The summed E-state index contributed by atoms with van der Waals surface area (Å²) in [5.41, 5.74) is -0.0296. The van der Waals surface area contributed by atoms with Crippen LogP contribution in [0.3, 0.4) is 0 Å². The molecule has 10 heteroatoms. The fourth-order valence-electron chi connectivity index (χ4n) is 1.44. The first-order chi connectivity index (χ1) is 9.49. The number of carbonyl (C=O) groups is 1. The molecule has 0 bridgehead atoms. The lowest BCUT2D eigenvalue weighted by molar-refractivity contribution is 0.0697. The fourth-order valence-corrected chi connectivity index (χ4v) is 3.71. The summed E-state index contributed by atoms with van der Waals surface area (Å²) in [7, 11) is -3.65. The molecule has 0 spiro atoms. The summed E-state index contributed by atoms with van der Waals surface area (Å²) in [6, 6.07) is 1.15. The van der Waals surface area contributed by atoms with Crippen molar-refractivity contribution in [1.29, 1.82) is 0 Å². The molecule has 2 N–H and O–H groups in total. The van der Waals surface area contributed by atoms with E-state index in [4.69, 9.17) is 5.11 Å². The van der Waals surface area contributed by atoms with E-state index >= 15 is 0 Å². The van der Waals surface area contributed by atoms with Gasteiger partial charge in [0.1, 0.15) is 4.21 Å². The molecule has 0 saturated heterocycles. The Morgan fingerprint density at radius 3 is 2.90 bits per heavy atom. The van der Waals surface area contributed by atoms with E-state index in [0.717, 1.165) is 17.4 Å². The highest BCUT2D eigenvalue weighted by molar-refractivity contribution is 7.91. The molecular formula is C10H12N4O4S2. The number of sulfonamides is 1. The molecule has 0 aliphatic rings. The highest BCUT2D eigenvalue weighted by atomic mass is 32.2. The predicted octanol–water partition coefficient (Wildman–Crippen LogP) is 0.406. The van der Waals surface area contributed by atoms with E-state index in [9.17, 15) is 13.2 Å². The number of aromatic nitrogens is 3. The van der Waals surface area contributed by atoms with Crippen LogP contribution in [0, 0.1) is 0 Å². The molecule has 2 aromatic rings. The second kappa shape index (κ2) is 6.11. The van der Waals surface area contributed by atoms with Gasteiger partial charge in [-0.05, 0) is 12.5 Å². The molecule has 0 aromatic carbocycles. The van der Waals surface area contributed by atoms with Crippen molar-refractivity contribution >= 4 is 27.3 Å². The summed E-state index contributed by atoms with van der Waals surface area (Å²) >= 11 is 0.882. The third kappa shape index (κ3) is 3.62. The number of hydrogen-bond donors (Lipinski definition) is 2. The van der Waals surface area contributed by atoms with Crippen molar-refractivity contribution in [1.82, 2.24) is 19.7 Å². The van der Waals surface area contributed by atoms with Gasteiger partial charge in [-0.1, -0.05) is 5.21 Å². The van der Waals surface area contributed by atoms with Crippen LogP contribution in [0.15, 0.2) is 28.0 Å². The Bertz CT molecular complexity index is 678. The van der Waals surface area contributed by atoms with Crippen molar-refractivity contribution < 1.29 is 18.3 Å². The first-order valence-electron chi connectivity index (χ1n) is 5.64. The van der Waals surface area contributed by atoms with Crippen LogP contribution in [-0.4, -0.2) is 41.0 Å². The van der Waals surface area contributed by atoms with Gasteiger partial charge in [-0.3, -0.25) is 4.68 Å². The molecule has 0 saturated carbocycles. The van der Waals surface area contributed by atoms with Crippen molar-refractivity contribution in [2.45, 2.75) is 17.2 Å². The summed E-state index contributed by atoms with van der Waals surface area (Å²) in [4.78, 5) is 10.7. The molecule has 0 fully saturated rings. The van der Waals surface area contributed by atoms with Crippen LogP contribution in [0.2, 0.25) is 0 Å². The van der Waals surface area contributed by atoms with Gasteiger partial charge in [0, 0.05) is 24.7 Å². The Hall–Kier alpha value is -1.78. The molecule has 8 nitrogen and oxygen atoms in total. The lowest BCUT2D eigenvalue weighted by atomic mass is 10.4. The van der Waals surface area contributed by atoms with Crippen molar-refractivity contribution in [3.05, 3.63) is 29.4 Å². The Labute approximate surface area is 119 Å². The predicted molar refractivity (Wildman–Crippen MR) is 71.1 cm³/mol. The second-order valence-electron chi connectivity index (χ2n) is 3.88. The Balaban J connectivity index is 1.88. The molecule has 0 atom stereocenters. The summed E-state index contributed by atoms with van der Waals surface area (Å²) < 4.78 is 27.8. The number of aromatic carboxylic acids is 1. The van der Waals surface area contributed by atoms with E-state index in [1.54, 1.807) is 17.1 Å². The van der Waals surface area contributed by atoms with Gasteiger partial charge in [-0.25, -0.2) is 17.9 Å². The van der Waals surface area contributed by atoms with Crippen LogP contribution in [0.1, 0.15) is 16.8 Å². The average Bonchev–Trinajstić information content (AvgIpc) is 3.05. The first kappa shape index (κ1) is 14.6. The van der Waals surface area contributed by atoms with E-state index in [1.807, 2.05) is 0 Å². The summed E-state index contributed by atoms with van der Waals surface area (Å²) in [6.07, 6.45) is 3.79. The van der Waals surface area contributed by atoms with Crippen LogP contribution in [0.25, 0.3) is 0 Å². The molecule has 20 heavy (non-hydrogen) atoms. The fraction of sp³-hybridized carbons (Fsp3) is 0.300. The number of thiophene rings is 1. The van der Waals surface area contributed by atoms with Gasteiger partial charge in [-0.15, -0.1) is 16.4 Å². The minimum Gasteiger partial charge on any atom is -0.478 e. The van der Waals surface area contributed by atoms with Gasteiger partial charge in [0.15, 0.2) is 0 Å². The smallest absolute Gasteiger partial charge is 0.336 e. The molecule has 0 amide bonds. The lowest BCUT2D eigenvalue weighted by Gasteiger charge is -2.04. The standard InChI is InChI=1S/C10H12N4O4S2/c15-10(16)8-6-9(19-7-8)20(17,18)12-2-1-4-14-5-3-11-13-14/h3,5-7,12H,1-2,4H2,(H,15,16). The third-order valence-electron chi connectivity index (χ3n) is 2.42. The van der Waals surface area contributed by atoms with Crippen LogP contribution in [0.4, 0.5) is 0 Å². The second-order valence-corrected chi connectivity index (χ2v) is 6.78. The summed E-state index contributed by atoms with van der Waals surface area (Å²) in [6.45, 7) is 0.788. The van der Waals surface area contributed by atoms with Gasteiger partial charge >= 0.3 is 5.97 Å². The largest absolute Gasteiger partial charge is 0.478 e. The highest BCUT2D eigenvalue weighted by Gasteiger charge is 2.18. The summed E-state index contributed by atoms with van der Waals surface area (Å²) in [5.74, 6) is -1.14. The molecule has 0 unspecified atom stereocenters. The topological polar surface area (TPSA) is 114 Å². The van der Waals surface area contributed by atoms with Crippen LogP contribution >= 0.6 is 11.3 Å². The number of aryl methyl sites for hydroxylation is 1. The first-order valence-corrected chi connectivity index (χ1v) is 8.01. The molecular weight excluding hydrogens is 304 g/mol. The summed E-state index contributed by atoms with van der Waals surface area (Å²) in [5, 5.41) is 17.5. The van der Waals surface area contributed by atoms with Gasteiger partial charge in [0.2, 0.25) is 10.0 Å². The monoisotopic (exact) mass is 316 g/mol. The number of nitrogens with one attached hydrogen (secondary N) is 1. The Kier molecular flexibility index (Phi) is 4.47. The maximum atomic E-state index is 11.9. The maximum Gasteiger partial charge on any atom is 0.336 e. The van der Waals surface area contributed by atoms with Gasteiger partial charge in [0.25, 0.3) is 0 Å². The third-order valence-corrected chi connectivity index (χ3v) is 5.32. The van der Waals surface area contributed by atoms with E-state index in [-0.39, 0.29) is 16.3 Å². The molecule has 0 radical (unpaired) electrons. The minimum atomic E-state index is -3.65. The van der Waals surface area contributed by atoms with E-state index in [0.29, 0.717) is 13.0 Å². The maximum absolute atomic E-state index is 11.9. The zero-order valence-corrected chi connectivity index (χ0v) is 11.9. The van der Waals surface area contributed by atoms with E-state index in [2.05, 4.69) is 15.0 Å². The normalized spacial score (nSPS) is 11.6. The van der Waals surface area contributed by atoms with Crippen LogP contribution in [-0.2, 0) is 16.6 Å². The Morgan fingerprint density at radius 2 is 2.30 bits per heavy atom. The van der Waals surface area contributed by atoms with Gasteiger partial charge < -0.3 is 5.11 Å². The van der Waals surface area contributed by atoms with Crippen molar-refractivity contribution in [3.63, 3.8) is 0 Å². The van der Waals surface area contributed by atoms with Crippen molar-refractivity contribution in [2.24, 2.45) is 0 Å². The van der Waals surface area contributed by atoms with Gasteiger partial charge in [-0.2, -0.15) is 0 Å². The van der Waals surface area contributed by atoms with Crippen LogP contribution < -0.4 is 4.72 Å². The van der Waals surface area contributed by atoms with E-state index < -0.39 is 16.0 Å². The van der Waals surface area contributed by atoms with Crippen LogP contribution in [0.5, 0.6) is 0 Å². The van der Waals surface area contributed by atoms with Gasteiger partial charge in [0.05, 0.1) is 11.8 Å². The number of carboxylic acid groups (broad SMARTS) is 1. The Morgan fingerprint density at radius 1 is 1.50 bits per heavy atom. The highest BCUT2D eigenvalue weighted by Crippen LogP contribution is 2.19. The number of hydrogen-bond acceptors (Lipinski definition) is 6. The minimum absolute atomic E-state index is 0.00402. The van der Waals surface area contributed by atoms with Crippen molar-refractivity contribution in [3.8, 4) is 0 Å².